The van der Waals surface area contributed by atoms with Gasteiger partial charge < -0.3 is 10.8 Å². The summed E-state index contributed by atoms with van der Waals surface area (Å²) >= 11 is 0. The average Bonchev–Trinajstić information content (AvgIpc) is 2.45. The van der Waals surface area contributed by atoms with E-state index < -0.39 is 5.60 Å². The molecular weight excluding hydrogens is 169 g/mol. The lowest BCUT2D eigenvalue weighted by molar-refractivity contribution is 0.0481. The van der Waals surface area contributed by atoms with Gasteiger partial charge in [-0.1, -0.05) is 6.07 Å². The highest BCUT2D eigenvalue weighted by Crippen LogP contribution is 2.36. The Balaban J connectivity index is 2.49. The lowest BCUT2D eigenvalue weighted by atomic mass is 9.96. The Hall–Kier alpha value is -0.930. The van der Waals surface area contributed by atoms with Crippen LogP contribution >= 0.6 is 0 Å². The van der Waals surface area contributed by atoms with Crippen LogP contribution in [0, 0.1) is 5.82 Å². The van der Waals surface area contributed by atoms with Crippen molar-refractivity contribution < 1.29 is 9.50 Å². The second-order valence-corrected chi connectivity index (χ2v) is 3.54. The Labute approximate surface area is 76.2 Å². The van der Waals surface area contributed by atoms with Gasteiger partial charge in [0.1, 0.15) is 11.4 Å². The van der Waals surface area contributed by atoms with Crippen LogP contribution in [0.25, 0.3) is 0 Å². The third-order valence-electron chi connectivity index (χ3n) is 2.71. The minimum atomic E-state index is -0.928. The van der Waals surface area contributed by atoms with E-state index in [2.05, 4.69) is 0 Å². The standard InChI is InChI=1S/C10H12FNO/c11-8-1-2-9-7(5-8)3-4-10(9,13)6-12/h1-2,5,13H,3-4,6,12H2. The highest BCUT2D eigenvalue weighted by Gasteiger charge is 2.35. The first-order chi connectivity index (χ1) is 6.15. The molecule has 0 saturated carbocycles. The number of rotatable bonds is 1. The maximum Gasteiger partial charge on any atom is 0.123 e. The van der Waals surface area contributed by atoms with E-state index in [0.29, 0.717) is 12.8 Å². The first-order valence-corrected chi connectivity index (χ1v) is 4.37. The van der Waals surface area contributed by atoms with Gasteiger partial charge in [-0.2, -0.15) is 0 Å². The third-order valence-corrected chi connectivity index (χ3v) is 2.71. The molecule has 3 N–H and O–H groups in total. The zero-order valence-electron chi connectivity index (χ0n) is 7.26. The van der Waals surface area contributed by atoms with Gasteiger partial charge in [-0.25, -0.2) is 4.39 Å². The highest BCUT2D eigenvalue weighted by atomic mass is 19.1. The fraction of sp³-hybridized carbons (Fsp3) is 0.400. The van der Waals surface area contributed by atoms with E-state index in [9.17, 15) is 9.50 Å². The molecule has 1 aliphatic carbocycles. The highest BCUT2D eigenvalue weighted by molar-refractivity contribution is 5.37. The van der Waals surface area contributed by atoms with Crippen LogP contribution in [-0.4, -0.2) is 11.7 Å². The topological polar surface area (TPSA) is 46.2 Å². The molecule has 0 amide bonds. The Morgan fingerprint density at radius 1 is 1.54 bits per heavy atom. The fourth-order valence-corrected chi connectivity index (χ4v) is 1.91. The monoisotopic (exact) mass is 181 g/mol. The molecule has 1 unspecified atom stereocenters. The smallest absolute Gasteiger partial charge is 0.123 e. The largest absolute Gasteiger partial charge is 0.384 e. The summed E-state index contributed by atoms with van der Waals surface area (Å²) in [6.45, 7) is 0.200. The molecule has 0 saturated heterocycles. The second-order valence-electron chi connectivity index (χ2n) is 3.54. The van der Waals surface area contributed by atoms with Gasteiger partial charge >= 0.3 is 0 Å². The van der Waals surface area contributed by atoms with Crippen LogP contribution in [0.15, 0.2) is 18.2 Å². The SMILES string of the molecule is NCC1(O)CCc2cc(F)ccc21. The molecule has 13 heavy (non-hydrogen) atoms. The zero-order chi connectivity index (χ0) is 9.47. The van der Waals surface area contributed by atoms with Gasteiger partial charge in [0.05, 0.1) is 0 Å². The first-order valence-electron chi connectivity index (χ1n) is 4.37. The van der Waals surface area contributed by atoms with Crippen molar-refractivity contribution in [3.8, 4) is 0 Å². The normalized spacial score (nSPS) is 26.1. The summed E-state index contributed by atoms with van der Waals surface area (Å²) in [6, 6.07) is 4.47. The molecule has 0 bridgehead atoms. The maximum absolute atomic E-state index is 12.8. The molecule has 1 aromatic rings. The molecule has 1 aliphatic rings. The number of hydrogen-bond acceptors (Lipinski definition) is 2. The van der Waals surface area contributed by atoms with Gasteiger partial charge in [0.15, 0.2) is 0 Å². The van der Waals surface area contributed by atoms with Gasteiger partial charge in [-0.15, -0.1) is 0 Å². The van der Waals surface area contributed by atoms with Crippen molar-refractivity contribution in [2.45, 2.75) is 18.4 Å². The number of halogens is 1. The number of nitrogens with two attached hydrogens (primary N) is 1. The second kappa shape index (κ2) is 2.79. The molecule has 0 aliphatic heterocycles. The van der Waals surface area contributed by atoms with Crippen molar-refractivity contribution in [2.75, 3.05) is 6.54 Å². The van der Waals surface area contributed by atoms with Crippen LogP contribution in [0.4, 0.5) is 4.39 Å². The molecule has 3 heteroatoms. The Morgan fingerprint density at radius 2 is 2.31 bits per heavy atom. The number of fused-ring (bicyclic) bond motifs is 1. The molecule has 2 nitrogen and oxygen atoms in total. The van der Waals surface area contributed by atoms with Gasteiger partial charge in [0, 0.05) is 6.54 Å². The van der Waals surface area contributed by atoms with Crippen molar-refractivity contribution >= 4 is 0 Å². The van der Waals surface area contributed by atoms with Crippen LogP contribution < -0.4 is 5.73 Å². The van der Waals surface area contributed by atoms with Crippen LogP contribution in [-0.2, 0) is 12.0 Å². The molecule has 0 heterocycles. The third kappa shape index (κ3) is 1.24. The molecule has 1 atom stereocenters. The number of benzene rings is 1. The van der Waals surface area contributed by atoms with E-state index >= 15 is 0 Å². The Morgan fingerprint density at radius 3 is 3.00 bits per heavy atom. The fourth-order valence-electron chi connectivity index (χ4n) is 1.91. The molecule has 0 fully saturated rings. The van der Waals surface area contributed by atoms with Gasteiger partial charge in [-0.3, -0.25) is 0 Å². The van der Waals surface area contributed by atoms with Crippen LogP contribution in [0.1, 0.15) is 17.5 Å². The van der Waals surface area contributed by atoms with Crippen LogP contribution in [0.3, 0.4) is 0 Å². The Bertz CT molecular complexity index is 340. The minimum absolute atomic E-state index is 0.200. The molecule has 2 rings (SSSR count). The van der Waals surface area contributed by atoms with E-state index in [1.165, 1.54) is 12.1 Å². The Kier molecular flexibility index (Phi) is 1.86. The zero-order valence-corrected chi connectivity index (χ0v) is 7.26. The van der Waals surface area contributed by atoms with Crippen molar-refractivity contribution in [3.05, 3.63) is 35.1 Å². The van der Waals surface area contributed by atoms with Crippen molar-refractivity contribution in [2.24, 2.45) is 5.73 Å². The van der Waals surface area contributed by atoms with Crippen LogP contribution in [0.5, 0.6) is 0 Å². The predicted molar refractivity (Wildman–Crippen MR) is 47.7 cm³/mol. The van der Waals surface area contributed by atoms with Crippen molar-refractivity contribution in [3.63, 3.8) is 0 Å². The predicted octanol–water partition coefficient (Wildman–Crippen LogP) is 0.918. The summed E-state index contributed by atoms with van der Waals surface area (Å²) in [5.41, 5.74) is 6.22. The van der Waals surface area contributed by atoms with E-state index in [1.54, 1.807) is 6.07 Å². The van der Waals surface area contributed by atoms with E-state index in [4.69, 9.17) is 5.73 Å². The summed E-state index contributed by atoms with van der Waals surface area (Å²) in [5, 5.41) is 10.00. The molecule has 0 aromatic heterocycles. The van der Waals surface area contributed by atoms with E-state index in [0.717, 1.165) is 11.1 Å². The van der Waals surface area contributed by atoms with E-state index in [1.807, 2.05) is 0 Å². The number of aryl methyl sites for hydroxylation is 1. The summed E-state index contributed by atoms with van der Waals surface area (Å²) in [5.74, 6) is -0.250. The number of aliphatic hydroxyl groups is 1. The van der Waals surface area contributed by atoms with Gasteiger partial charge in [0.25, 0.3) is 0 Å². The van der Waals surface area contributed by atoms with Gasteiger partial charge in [-0.05, 0) is 36.1 Å². The van der Waals surface area contributed by atoms with E-state index in [-0.39, 0.29) is 12.4 Å². The maximum atomic E-state index is 12.8. The molecule has 0 radical (unpaired) electrons. The summed E-state index contributed by atoms with van der Waals surface area (Å²) in [4.78, 5) is 0. The van der Waals surface area contributed by atoms with Gasteiger partial charge in [0.2, 0.25) is 0 Å². The van der Waals surface area contributed by atoms with Crippen LogP contribution in [0.2, 0.25) is 0 Å². The minimum Gasteiger partial charge on any atom is -0.384 e. The molecule has 70 valence electrons. The summed E-state index contributed by atoms with van der Waals surface area (Å²) < 4.78 is 12.8. The molecule has 1 aromatic carbocycles. The lowest BCUT2D eigenvalue weighted by Crippen LogP contribution is -2.32. The molecule has 0 spiro atoms. The first kappa shape index (κ1) is 8.66. The number of hydrogen-bond donors (Lipinski definition) is 2. The van der Waals surface area contributed by atoms with Crippen molar-refractivity contribution in [1.29, 1.82) is 0 Å². The average molecular weight is 181 g/mol. The lowest BCUT2D eigenvalue weighted by Gasteiger charge is -2.21. The van der Waals surface area contributed by atoms with Crippen molar-refractivity contribution in [1.82, 2.24) is 0 Å². The molecular formula is C10H12FNO. The summed E-state index contributed by atoms with van der Waals surface area (Å²) in [6.07, 6.45) is 1.31. The quantitative estimate of drug-likeness (QED) is 0.676. The summed E-state index contributed by atoms with van der Waals surface area (Å²) in [7, 11) is 0.